The van der Waals surface area contributed by atoms with Crippen LogP contribution in [0.25, 0.3) is 0 Å². The van der Waals surface area contributed by atoms with Crippen LogP contribution in [0.1, 0.15) is 78.6 Å². The number of ether oxygens (including phenoxy) is 1. The molecule has 4 rings (SSSR count). The summed E-state index contributed by atoms with van der Waals surface area (Å²) >= 11 is 0. The fourth-order valence-corrected chi connectivity index (χ4v) is 8.42. The lowest BCUT2D eigenvalue weighted by atomic mass is 9.44. The fourth-order valence-electron chi connectivity index (χ4n) is 7.64. The van der Waals surface area contributed by atoms with Crippen molar-refractivity contribution in [2.24, 2.45) is 22.7 Å². The van der Waals surface area contributed by atoms with E-state index in [1.165, 1.54) is 6.26 Å². The third kappa shape index (κ3) is 3.76. The number of fused-ring (bicyclic) bond motifs is 1. The van der Waals surface area contributed by atoms with Crippen molar-refractivity contribution in [3.8, 4) is 0 Å². The van der Waals surface area contributed by atoms with Gasteiger partial charge in [-0.05, 0) is 55.9 Å². The highest BCUT2D eigenvalue weighted by atomic mass is 32.2. The van der Waals surface area contributed by atoms with Crippen molar-refractivity contribution in [1.29, 1.82) is 0 Å². The summed E-state index contributed by atoms with van der Waals surface area (Å²) in [4.78, 5) is 23.4. The van der Waals surface area contributed by atoms with Crippen molar-refractivity contribution in [2.45, 2.75) is 96.3 Å². The lowest BCUT2D eigenvalue weighted by Crippen LogP contribution is -2.65. The summed E-state index contributed by atoms with van der Waals surface area (Å²) in [5, 5.41) is 9.16. The molecule has 3 fully saturated rings. The Balaban J connectivity index is 1.77. The molecule has 1 spiro atoms. The van der Waals surface area contributed by atoms with Gasteiger partial charge in [-0.2, -0.15) is 0 Å². The molecule has 180 valence electrons. The average molecular weight is 468 g/mol. The summed E-state index contributed by atoms with van der Waals surface area (Å²) in [6.07, 6.45) is 9.06. The van der Waals surface area contributed by atoms with Crippen molar-refractivity contribution >= 4 is 21.8 Å². The maximum absolute atomic E-state index is 12.4. The van der Waals surface area contributed by atoms with Crippen LogP contribution in [-0.4, -0.2) is 49.3 Å². The number of aliphatic carboxylic acids is 1. The van der Waals surface area contributed by atoms with Gasteiger partial charge in [0.05, 0.1) is 12.4 Å². The molecule has 32 heavy (non-hydrogen) atoms. The van der Waals surface area contributed by atoms with E-state index in [-0.39, 0.29) is 47.0 Å². The van der Waals surface area contributed by atoms with Crippen LogP contribution in [-0.2, 0) is 24.3 Å². The number of sulfonamides is 1. The van der Waals surface area contributed by atoms with Gasteiger partial charge in [-0.1, -0.05) is 32.8 Å². The van der Waals surface area contributed by atoms with Gasteiger partial charge < -0.3 is 9.84 Å². The SMILES string of the molecule is CCCC1C2[C@H](NS(C)(=O)=O)CC3=CC(=O)CC[C@]3(C)[C@]23O[C@@H]3C[C@]1(C)CCCC(=O)O. The fraction of sp³-hybridized carbons (Fsp3) is 0.833. The lowest BCUT2D eigenvalue weighted by Gasteiger charge is -2.59. The molecule has 1 aliphatic heterocycles. The van der Waals surface area contributed by atoms with Crippen molar-refractivity contribution in [2.75, 3.05) is 6.26 Å². The number of carboxylic acid groups (broad SMARTS) is 1. The highest BCUT2D eigenvalue weighted by molar-refractivity contribution is 7.88. The summed E-state index contributed by atoms with van der Waals surface area (Å²) in [6, 6.07) is -0.323. The van der Waals surface area contributed by atoms with Crippen LogP contribution in [0.15, 0.2) is 11.6 Å². The molecule has 0 bridgehead atoms. The van der Waals surface area contributed by atoms with Crippen molar-refractivity contribution in [3.05, 3.63) is 11.6 Å². The number of carbonyl (C=O) groups is 2. The first-order valence-electron chi connectivity index (χ1n) is 12.0. The monoisotopic (exact) mass is 467 g/mol. The zero-order chi connectivity index (χ0) is 23.5. The Morgan fingerprint density at radius 1 is 1.34 bits per heavy atom. The molecular formula is C24H37NO6S. The maximum Gasteiger partial charge on any atom is 0.303 e. The molecule has 0 aromatic heterocycles. The minimum absolute atomic E-state index is 0.00102. The van der Waals surface area contributed by atoms with Crippen molar-refractivity contribution < 1.29 is 27.9 Å². The topological polar surface area (TPSA) is 113 Å². The van der Waals surface area contributed by atoms with Gasteiger partial charge in [0.1, 0.15) is 5.60 Å². The van der Waals surface area contributed by atoms with Crippen LogP contribution in [0.2, 0.25) is 0 Å². The molecule has 2 unspecified atom stereocenters. The molecule has 2 N–H and O–H groups in total. The van der Waals surface area contributed by atoms with Crippen molar-refractivity contribution in [3.63, 3.8) is 0 Å². The van der Waals surface area contributed by atoms with E-state index in [2.05, 4.69) is 25.5 Å². The first-order chi connectivity index (χ1) is 14.9. The molecule has 8 heteroatoms. The Morgan fingerprint density at radius 2 is 2.06 bits per heavy atom. The Hall–Kier alpha value is -1.25. The zero-order valence-corrected chi connectivity index (χ0v) is 20.5. The molecule has 0 aromatic carbocycles. The first-order valence-corrected chi connectivity index (χ1v) is 13.9. The molecular weight excluding hydrogens is 430 g/mol. The Labute approximate surface area is 191 Å². The second-order valence-corrected chi connectivity index (χ2v) is 12.9. The predicted molar refractivity (Wildman–Crippen MR) is 121 cm³/mol. The summed E-state index contributed by atoms with van der Waals surface area (Å²) < 4.78 is 34.3. The van der Waals surface area contributed by atoms with Crippen LogP contribution in [0.4, 0.5) is 0 Å². The van der Waals surface area contributed by atoms with Gasteiger partial charge in [-0.25, -0.2) is 13.1 Å². The summed E-state index contributed by atoms with van der Waals surface area (Å²) in [5.74, 6) is -0.449. The molecule has 0 radical (unpaired) electrons. The Bertz CT molecular complexity index is 944. The first kappa shape index (κ1) is 23.9. The number of ketones is 1. The second-order valence-electron chi connectivity index (χ2n) is 11.1. The van der Waals surface area contributed by atoms with E-state index < -0.39 is 21.6 Å². The van der Waals surface area contributed by atoms with Crippen LogP contribution in [0, 0.1) is 22.7 Å². The smallest absolute Gasteiger partial charge is 0.303 e. The Kier molecular flexibility index (Phi) is 5.91. The molecule has 3 aliphatic carbocycles. The average Bonchev–Trinajstić information content (AvgIpc) is 3.37. The molecule has 0 amide bonds. The molecule has 2 saturated carbocycles. The summed E-state index contributed by atoms with van der Waals surface area (Å²) in [6.45, 7) is 6.61. The van der Waals surface area contributed by atoms with E-state index >= 15 is 0 Å². The van der Waals surface area contributed by atoms with E-state index in [0.717, 1.165) is 37.7 Å². The molecule has 0 aromatic rings. The van der Waals surface area contributed by atoms with Crippen molar-refractivity contribution in [1.82, 2.24) is 4.72 Å². The van der Waals surface area contributed by atoms with Gasteiger partial charge in [0.15, 0.2) is 5.78 Å². The van der Waals surface area contributed by atoms with Gasteiger partial charge in [0.25, 0.3) is 0 Å². The van der Waals surface area contributed by atoms with Gasteiger partial charge in [-0.15, -0.1) is 0 Å². The predicted octanol–water partition coefficient (Wildman–Crippen LogP) is 3.44. The van der Waals surface area contributed by atoms with Gasteiger partial charge in [0.2, 0.25) is 10.0 Å². The van der Waals surface area contributed by atoms with E-state index in [1.807, 2.05) is 0 Å². The van der Waals surface area contributed by atoms with E-state index in [1.54, 1.807) is 6.08 Å². The quantitative estimate of drug-likeness (QED) is 0.529. The number of nitrogens with one attached hydrogen (secondary N) is 1. The highest BCUT2D eigenvalue weighted by Crippen LogP contribution is 2.73. The van der Waals surface area contributed by atoms with Crippen LogP contribution < -0.4 is 4.72 Å². The normalized spacial score (nSPS) is 43.0. The summed E-state index contributed by atoms with van der Waals surface area (Å²) in [7, 11) is -3.45. The molecule has 1 heterocycles. The molecule has 7 atom stereocenters. The standard InChI is InChI=1S/C24H37NO6S/c1-5-7-17-21-18(25-32(4,29)30)13-15-12-16(26)9-11-23(15,3)24(21)19(31-24)14-22(17,2)10-6-8-20(27)28/h12,17-19,21,25H,5-11,13-14H2,1-4H3,(H,27,28)/t17?,18-,19-,21?,22+,23+,24-/m1/s1. The maximum atomic E-state index is 12.4. The number of carboxylic acids is 1. The molecule has 4 aliphatic rings. The number of hydrogen-bond acceptors (Lipinski definition) is 5. The third-order valence-electron chi connectivity index (χ3n) is 8.99. The largest absolute Gasteiger partial charge is 0.481 e. The number of hydrogen-bond donors (Lipinski definition) is 2. The Morgan fingerprint density at radius 3 is 2.69 bits per heavy atom. The van der Waals surface area contributed by atoms with E-state index in [0.29, 0.717) is 19.3 Å². The summed E-state index contributed by atoms with van der Waals surface area (Å²) in [5.41, 5.74) is 0.200. The highest BCUT2D eigenvalue weighted by Gasteiger charge is 2.79. The van der Waals surface area contributed by atoms with Crippen LogP contribution >= 0.6 is 0 Å². The van der Waals surface area contributed by atoms with Gasteiger partial charge >= 0.3 is 5.97 Å². The number of epoxide rings is 1. The number of allylic oxidation sites excluding steroid dienone is 1. The molecule has 1 saturated heterocycles. The van der Waals surface area contributed by atoms with Crippen LogP contribution in [0.5, 0.6) is 0 Å². The minimum Gasteiger partial charge on any atom is -0.481 e. The van der Waals surface area contributed by atoms with Gasteiger partial charge in [0, 0.05) is 30.2 Å². The van der Waals surface area contributed by atoms with E-state index in [4.69, 9.17) is 9.84 Å². The lowest BCUT2D eigenvalue weighted by molar-refractivity contribution is -0.137. The van der Waals surface area contributed by atoms with E-state index in [9.17, 15) is 18.0 Å². The van der Waals surface area contributed by atoms with Crippen LogP contribution in [0.3, 0.4) is 0 Å². The third-order valence-corrected chi connectivity index (χ3v) is 9.72. The number of rotatable bonds is 8. The zero-order valence-electron chi connectivity index (χ0n) is 19.6. The minimum atomic E-state index is -3.45. The van der Waals surface area contributed by atoms with Gasteiger partial charge in [-0.3, -0.25) is 9.59 Å². The second kappa shape index (κ2) is 7.91. The molecule has 7 nitrogen and oxygen atoms in total. The number of carbonyl (C=O) groups excluding carboxylic acids is 1.